The Labute approximate surface area is 152 Å². The summed E-state index contributed by atoms with van der Waals surface area (Å²) in [6, 6.07) is 15.5. The molecule has 2 fully saturated rings. The van der Waals surface area contributed by atoms with Crippen LogP contribution in [0.2, 0.25) is 0 Å². The van der Waals surface area contributed by atoms with Crippen molar-refractivity contribution in [3.63, 3.8) is 0 Å². The Morgan fingerprint density at radius 2 is 1.77 bits per heavy atom. The van der Waals surface area contributed by atoms with E-state index in [1.165, 1.54) is 6.07 Å². The van der Waals surface area contributed by atoms with Crippen molar-refractivity contribution in [1.29, 1.82) is 0 Å². The molecular weight excluding hydrogens is 331 g/mol. The second-order valence-corrected chi connectivity index (χ2v) is 7.17. The molecule has 0 spiro atoms. The predicted molar refractivity (Wildman–Crippen MR) is 96.0 cm³/mol. The minimum absolute atomic E-state index is 0.00642. The second-order valence-electron chi connectivity index (χ2n) is 7.17. The molecule has 1 saturated carbocycles. The summed E-state index contributed by atoms with van der Waals surface area (Å²) < 4.78 is 13.8. The van der Waals surface area contributed by atoms with Gasteiger partial charge in [-0.25, -0.2) is 4.39 Å². The van der Waals surface area contributed by atoms with Crippen LogP contribution in [-0.4, -0.2) is 35.3 Å². The lowest BCUT2D eigenvalue weighted by atomic mass is 10.0. The van der Waals surface area contributed by atoms with Gasteiger partial charge in [-0.1, -0.05) is 36.4 Å². The molecule has 1 aliphatic carbocycles. The lowest BCUT2D eigenvalue weighted by Crippen LogP contribution is -2.52. The van der Waals surface area contributed by atoms with Gasteiger partial charge in [0.15, 0.2) is 0 Å². The van der Waals surface area contributed by atoms with E-state index in [1.54, 1.807) is 30.3 Å². The highest BCUT2D eigenvalue weighted by Crippen LogP contribution is 2.38. The van der Waals surface area contributed by atoms with Gasteiger partial charge in [0, 0.05) is 18.2 Å². The monoisotopic (exact) mass is 352 g/mol. The lowest BCUT2D eigenvalue weighted by molar-refractivity contribution is -0.132. The van der Waals surface area contributed by atoms with Crippen LogP contribution in [0.15, 0.2) is 54.6 Å². The van der Waals surface area contributed by atoms with Crippen molar-refractivity contribution in [3.8, 4) is 0 Å². The van der Waals surface area contributed by atoms with Crippen LogP contribution in [0, 0.1) is 11.7 Å². The molecule has 4 nitrogen and oxygen atoms in total. The average Bonchev–Trinajstić information content (AvgIpc) is 3.25. The molecule has 1 heterocycles. The van der Waals surface area contributed by atoms with Crippen LogP contribution in [0.25, 0.3) is 0 Å². The molecule has 2 aromatic carbocycles. The molecule has 1 saturated heterocycles. The first-order valence-electron chi connectivity index (χ1n) is 9.00. The van der Waals surface area contributed by atoms with Crippen LogP contribution < -0.4 is 5.32 Å². The fourth-order valence-corrected chi connectivity index (χ4v) is 4.21. The zero-order chi connectivity index (χ0) is 18.1. The van der Waals surface area contributed by atoms with Gasteiger partial charge in [-0.15, -0.1) is 0 Å². The number of hydrogen-bond acceptors (Lipinski definition) is 2. The molecule has 2 aliphatic rings. The van der Waals surface area contributed by atoms with Crippen molar-refractivity contribution < 1.29 is 14.0 Å². The number of nitrogens with zero attached hydrogens (tertiary/aromatic N) is 1. The molecule has 0 aromatic heterocycles. The molecule has 134 valence electrons. The van der Waals surface area contributed by atoms with E-state index in [-0.39, 0.29) is 36.1 Å². The highest BCUT2D eigenvalue weighted by atomic mass is 19.1. The van der Waals surface area contributed by atoms with E-state index in [2.05, 4.69) is 5.32 Å². The van der Waals surface area contributed by atoms with Crippen LogP contribution in [0.4, 0.5) is 4.39 Å². The predicted octanol–water partition coefficient (Wildman–Crippen LogP) is 2.79. The van der Waals surface area contributed by atoms with E-state index in [0.29, 0.717) is 23.6 Å². The zero-order valence-electron chi connectivity index (χ0n) is 14.4. The molecule has 2 bridgehead atoms. The maximum atomic E-state index is 13.8. The van der Waals surface area contributed by atoms with Crippen LogP contribution in [0.3, 0.4) is 0 Å². The summed E-state index contributed by atoms with van der Waals surface area (Å²) in [7, 11) is 0. The number of carbonyl (C=O) groups excluding carboxylic acids is 2. The van der Waals surface area contributed by atoms with Crippen LogP contribution in [0.1, 0.15) is 28.8 Å². The molecule has 0 radical (unpaired) electrons. The maximum absolute atomic E-state index is 13.8. The Morgan fingerprint density at radius 3 is 2.50 bits per heavy atom. The molecule has 26 heavy (non-hydrogen) atoms. The molecule has 5 heteroatoms. The SMILES string of the molecule is O=C(NC1CC2CC1N(C(=O)Cc1ccccc1F)C2)c1ccccc1. The molecule has 3 atom stereocenters. The fraction of sp³-hybridized carbons (Fsp3) is 0.333. The second kappa shape index (κ2) is 6.90. The minimum Gasteiger partial charge on any atom is -0.347 e. The van der Waals surface area contributed by atoms with Gasteiger partial charge in [-0.3, -0.25) is 9.59 Å². The van der Waals surface area contributed by atoms with Gasteiger partial charge in [0.2, 0.25) is 5.91 Å². The Hall–Kier alpha value is -2.69. The third-order valence-corrected chi connectivity index (χ3v) is 5.45. The van der Waals surface area contributed by atoms with E-state index < -0.39 is 0 Å². The van der Waals surface area contributed by atoms with Crippen LogP contribution in [0.5, 0.6) is 0 Å². The quantitative estimate of drug-likeness (QED) is 0.920. The van der Waals surface area contributed by atoms with E-state index >= 15 is 0 Å². The Morgan fingerprint density at radius 1 is 1.04 bits per heavy atom. The first kappa shape index (κ1) is 16.8. The van der Waals surface area contributed by atoms with Gasteiger partial charge in [-0.05, 0) is 42.5 Å². The number of piperidine rings is 1. The van der Waals surface area contributed by atoms with Gasteiger partial charge in [0.25, 0.3) is 5.91 Å². The van der Waals surface area contributed by atoms with Gasteiger partial charge < -0.3 is 10.2 Å². The third kappa shape index (κ3) is 3.21. The number of likely N-dealkylation sites (tertiary alicyclic amines) is 1. The minimum atomic E-state index is -0.348. The summed E-state index contributed by atoms with van der Waals surface area (Å²) in [6.45, 7) is 0.704. The van der Waals surface area contributed by atoms with E-state index in [0.717, 1.165) is 12.8 Å². The van der Waals surface area contributed by atoms with Crippen molar-refractivity contribution in [3.05, 3.63) is 71.5 Å². The summed E-state index contributed by atoms with van der Waals surface area (Å²) in [5.41, 5.74) is 1.05. The van der Waals surface area contributed by atoms with E-state index in [4.69, 9.17) is 0 Å². The molecular formula is C21H21FN2O2. The molecule has 1 aliphatic heterocycles. The van der Waals surface area contributed by atoms with Gasteiger partial charge >= 0.3 is 0 Å². The van der Waals surface area contributed by atoms with Crippen LogP contribution >= 0.6 is 0 Å². The van der Waals surface area contributed by atoms with Gasteiger partial charge in [0.05, 0.1) is 12.5 Å². The van der Waals surface area contributed by atoms with Crippen molar-refractivity contribution in [2.75, 3.05) is 6.54 Å². The number of carbonyl (C=O) groups is 2. The lowest BCUT2D eigenvalue weighted by Gasteiger charge is -2.34. The van der Waals surface area contributed by atoms with Crippen LogP contribution in [-0.2, 0) is 11.2 Å². The highest BCUT2D eigenvalue weighted by molar-refractivity contribution is 5.94. The summed E-state index contributed by atoms with van der Waals surface area (Å²) >= 11 is 0. The number of nitrogens with one attached hydrogen (secondary N) is 1. The van der Waals surface area contributed by atoms with E-state index in [9.17, 15) is 14.0 Å². The van der Waals surface area contributed by atoms with Gasteiger partial charge in [-0.2, -0.15) is 0 Å². The standard InChI is InChI=1S/C21H21FN2O2/c22-17-9-5-4-8-16(17)12-20(25)24-13-14-10-18(19(24)11-14)23-21(26)15-6-2-1-3-7-15/h1-9,14,18-19H,10-13H2,(H,23,26). The first-order chi connectivity index (χ1) is 12.6. The normalized spacial score (nSPS) is 23.9. The molecule has 4 rings (SSSR count). The summed E-state index contributed by atoms with van der Waals surface area (Å²) in [6.07, 6.45) is 1.87. The summed E-state index contributed by atoms with van der Waals surface area (Å²) in [5.74, 6) is -0.115. The van der Waals surface area contributed by atoms with Crippen molar-refractivity contribution >= 4 is 11.8 Å². The Balaban J connectivity index is 1.43. The topological polar surface area (TPSA) is 49.4 Å². The van der Waals surface area contributed by atoms with Crippen molar-refractivity contribution in [1.82, 2.24) is 10.2 Å². The number of hydrogen-bond donors (Lipinski definition) is 1. The average molecular weight is 352 g/mol. The first-order valence-corrected chi connectivity index (χ1v) is 9.00. The summed E-state index contributed by atoms with van der Waals surface area (Å²) in [5, 5.41) is 3.08. The number of halogens is 1. The fourth-order valence-electron chi connectivity index (χ4n) is 4.21. The molecule has 2 amide bonds. The van der Waals surface area contributed by atoms with Gasteiger partial charge in [0.1, 0.15) is 5.82 Å². The largest absolute Gasteiger partial charge is 0.347 e. The third-order valence-electron chi connectivity index (χ3n) is 5.45. The molecule has 1 N–H and O–H groups in total. The number of rotatable bonds is 4. The Kier molecular flexibility index (Phi) is 4.45. The zero-order valence-corrected chi connectivity index (χ0v) is 14.4. The number of benzene rings is 2. The highest BCUT2D eigenvalue weighted by Gasteiger charge is 2.47. The summed E-state index contributed by atoms with van der Waals surface area (Å²) in [4.78, 5) is 27.0. The van der Waals surface area contributed by atoms with Crippen molar-refractivity contribution in [2.24, 2.45) is 5.92 Å². The van der Waals surface area contributed by atoms with E-state index in [1.807, 2.05) is 23.1 Å². The maximum Gasteiger partial charge on any atom is 0.251 e. The number of fused-ring (bicyclic) bond motifs is 2. The smallest absolute Gasteiger partial charge is 0.251 e. The Bertz CT molecular complexity index is 824. The number of amides is 2. The van der Waals surface area contributed by atoms with Crippen molar-refractivity contribution in [2.45, 2.75) is 31.3 Å². The molecule has 2 aromatic rings. The molecule has 3 unspecified atom stereocenters.